The number of carbonyl (C=O) groups is 1. The van der Waals surface area contributed by atoms with Crippen LogP contribution in [0, 0.1) is 6.92 Å². The van der Waals surface area contributed by atoms with Gasteiger partial charge in [-0.05, 0) is 47.1 Å². The summed E-state index contributed by atoms with van der Waals surface area (Å²) in [7, 11) is 0. The van der Waals surface area contributed by atoms with Gasteiger partial charge in [0.2, 0.25) is 5.88 Å². The van der Waals surface area contributed by atoms with E-state index in [9.17, 15) is 4.79 Å². The Kier molecular flexibility index (Phi) is 4.04. The van der Waals surface area contributed by atoms with E-state index in [0.29, 0.717) is 11.5 Å². The van der Waals surface area contributed by atoms with Gasteiger partial charge in [-0.1, -0.05) is 5.16 Å². The molecule has 0 aliphatic heterocycles. The van der Waals surface area contributed by atoms with Crippen LogP contribution < -0.4 is 11.1 Å². The van der Waals surface area contributed by atoms with Crippen molar-refractivity contribution in [2.24, 2.45) is 0 Å². The summed E-state index contributed by atoms with van der Waals surface area (Å²) < 4.78 is 11.3. The van der Waals surface area contributed by atoms with Crippen LogP contribution in [0.2, 0.25) is 0 Å². The van der Waals surface area contributed by atoms with E-state index in [1.165, 1.54) is 11.3 Å². The Bertz CT molecular complexity index is 821. The molecule has 3 heterocycles. The van der Waals surface area contributed by atoms with E-state index in [1.54, 1.807) is 0 Å². The standard InChI is InChI=1S/C14H12BrN3O3S/c1-7-2-3-8(20-7)6-17-14(19)11-12(18-21-13(11)16)9-4-5-10(15)22-9/h2-5H,6,16H2,1H3,(H,17,19). The van der Waals surface area contributed by atoms with Gasteiger partial charge in [-0.25, -0.2) is 0 Å². The fraction of sp³-hybridized carbons (Fsp3) is 0.143. The predicted octanol–water partition coefficient (Wildman–Crippen LogP) is 3.58. The van der Waals surface area contributed by atoms with Crippen LogP contribution in [-0.2, 0) is 6.54 Å². The number of aryl methyl sites for hydroxylation is 1. The molecule has 0 atom stereocenters. The molecule has 3 aromatic heterocycles. The van der Waals surface area contributed by atoms with Gasteiger partial charge < -0.3 is 20.0 Å². The lowest BCUT2D eigenvalue weighted by Crippen LogP contribution is -2.23. The van der Waals surface area contributed by atoms with Crippen LogP contribution in [0.15, 0.2) is 37.0 Å². The minimum Gasteiger partial charge on any atom is -0.465 e. The maximum atomic E-state index is 12.4. The molecule has 0 aromatic carbocycles. The maximum absolute atomic E-state index is 12.4. The number of halogens is 1. The summed E-state index contributed by atoms with van der Waals surface area (Å²) in [4.78, 5) is 13.2. The van der Waals surface area contributed by atoms with Gasteiger partial charge in [0.15, 0.2) is 0 Å². The molecule has 0 saturated heterocycles. The molecule has 0 bridgehead atoms. The highest BCUT2D eigenvalue weighted by atomic mass is 79.9. The van der Waals surface area contributed by atoms with Gasteiger partial charge in [-0.2, -0.15) is 0 Å². The van der Waals surface area contributed by atoms with E-state index >= 15 is 0 Å². The zero-order valence-corrected chi connectivity index (χ0v) is 14.0. The van der Waals surface area contributed by atoms with Gasteiger partial charge in [0, 0.05) is 0 Å². The van der Waals surface area contributed by atoms with Crippen molar-refractivity contribution in [3.05, 3.63) is 45.1 Å². The summed E-state index contributed by atoms with van der Waals surface area (Å²) in [6, 6.07) is 7.37. The summed E-state index contributed by atoms with van der Waals surface area (Å²) in [5.74, 6) is 1.10. The number of nitrogens with one attached hydrogen (secondary N) is 1. The third-order valence-electron chi connectivity index (χ3n) is 2.97. The number of nitrogen functional groups attached to an aromatic ring is 1. The number of amides is 1. The first-order valence-electron chi connectivity index (χ1n) is 6.39. The minimum absolute atomic E-state index is 0.00681. The number of furan rings is 1. The molecule has 3 N–H and O–H groups in total. The summed E-state index contributed by atoms with van der Waals surface area (Å²) in [6.45, 7) is 2.11. The molecular formula is C14H12BrN3O3S. The molecule has 0 saturated carbocycles. The molecule has 0 spiro atoms. The van der Waals surface area contributed by atoms with Crippen molar-refractivity contribution in [1.82, 2.24) is 10.5 Å². The summed E-state index contributed by atoms with van der Waals surface area (Å²) >= 11 is 4.82. The second-order valence-electron chi connectivity index (χ2n) is 4.57. The zero-order valence-electron chi connectivity index (χ0n) is 11.6. The molecule has 0 aliphatic carbocycles. The van der Waals surface area contributed by atoms with Crippen molar-refractivity contribution in [3.63, 3.8) is 0 Å². The smallest absolute Gasteiger partial charge is 0.259 e. The van der Waals surface area contributed by atoms with Gasteiger partial charge in [0.1, 0.15) is 22.8 Å². The van der Waals surface area contributed by atoms with Gasteiger partial charge in [0.25, 0.3) is 5.91 Å². The topological polar surface area (TPSA) is 94.3 Å². The lowest BCUT2D eigenvalue weighted by molar-refractivity contribution is 0.0949. The molecule has 3 aromatic rings. The molecule has 114 valence electrons. The summed E-state index contributed by atoms with van der Waals surface area (Å²) in [5, 5.41) is 6.64. The highest BCUT2D eigenvalue weighted by Crippen LogP contribution is 2.34. The SMILES string of the molecule is Cc1ccc(CNC(=O)c2c(-c3ccc(Br)s3)noc2N)o1. The van der Waals surface area contributed by atoms with Crippen LogP contribution in [0.25, 0.3) is 10.6 Å². The molecule has 8 heteroatoms. The number of hydrogen-bond acceptors (Lipinski definition) is 6. The average molecular weight is 382 g/mol. The monoisotopic (exact) mass is 381 g/mol. The minimum atomic E-state index is -0.354. The number of anilines is 1. The van der Waals surface area contributed by atoms with Crippen LogP contribution in [0.4, 0.5) is 5.88 Å². The normalized spacial score (nSPS) is 10.8. The van der Waals surface area contributed by atoms with Crippen LogP contribution >= 0.6 is 27.3 Å². The first-order valence-corrected chi connectivity index (χ1v) is 8.00. The molecule has 0 fully saturated rings. The van der Waals surface area contributed by atoms with Crippen molar-refractivity contribution < 1.29 is 13.7 Å². The molecule has 1 amide bonds. The van der Waals surface area contributed by atoms with Gasteiger partial charge in [-0.3, -0.25) is 4.79 Å². The number of aromatic nitrogens is 1. The van der Waals surface area contributed by atoms with Crippen molar-refractivity contribution in [1.29, 1.82) is 0 Å². The molecule has 0 unspecified atom stereocenters. The molecular weight excluding hydrogens is 370 g/mol. The van der Waals surface area contributed by atoms with Crippen LogP contribution in [0.5, 0.6) is 0 Å². The van der Waals surface area contributed by atoms with E-state index in [-0.39, 0.29) is 23.9 Å². The van der Waals surface area contributed by atoms with Crippen LogP contribution in [0.1, 0.15) is 21.9 Å². The maximum Gasteiger partial charge on any atom is 0.259 e. The number of rotatable bonds is 4. The molecule has 0 radical (unpaired) electrons. The lowest BCUT2D eigenvalue weighted by atomic mass is 10.2. The Morgan fingerprint density at radius 2 is 2.23 bits per heavy atom. The number of nitrogens with zero attached hydrogens (tertiary/aromatic N) is 1. The molecule has 6 nitrogen and oxygen atoms in total. The van der Waals surface area contributed by atoms with Crippen molar-refractivity contribution in [2.45, 2.75) is 13.5 Å². The van der Waals surface area contributed by atoms with Crippen molar-refractivity contribution in [2.75, 3.05) is 5.73 Å². The van der Waals surface area contributed by atoms with E-state index in [1.807, 2.05) is 31.2 Å². The number of thiophene rings is 1. The Balaban J connectivity index is 1.81. The number of nitrogens with two attached hydrogens (primary N) is 1. The van der Waals surface area contributed by atoms with E-state index in [0.717, 1.165) is 14.4 Å². The largest absolute Gasteiger partial charge is 0.465 e. The fourth-order valence-electron chi connectivity index (χ4n) is 1.97. The fourth-order valence-corrected chi connectivity index (χ4v) is 3.34. The molecule has 0 aliphatic rings. The lowest BCUT2D eigenvalue weighted by Gasteiger charge is -2.03. The van der Waals surface area contributed by atoms with E-state index in [4.69, 9.17) is 14.7 Å². The zero-order chi connectivity index (χ0) is 15.7. The number of carbonyl (C=O) groups excluding carboxylic acids is 1. The van der Waals surface area contributed by atoms with Crippen LogP contribution in [0.3, 0.4) is 0 Å². The van der Waals surface area contributed by atoms with Crippen molar-refractivity contribution >= 4 is 39.1 Å². The predicted molar refractivity (Wildman–Crippen MR) is 86.5 cm³/mol. The summed E-state index contributed by atoms with van der Waals surface area (Å²) in [5.41, 5.74) is 6.40. The van der Waals surface area contributed by atoms with Gasteiger partial charge in [0.05, 0.1) is 15.2 Å². The third-order valence-corrected chi connectivity index (χ3v) is 4.60. The number of hydrogen-bond donors (Lipinski definition) is 2. The highest BCUT2D eigenvalue weighted by molar-refractivity contribution is 9.11. The average Bonchev–Trinajstić information content (AvgIpc) is 3.17. The van der Waals surface area contributed by atoms with Gasteiger partial charge in [-0.15, -0.1) is 11.3 Å². The first-order chi connectivity index (χ1) is 10.5. The Hall–Kier alpha value is -2.06. The van der Waals surface area contributed by atoms with E-state index in [2.05, 4.69) is 26.4 Å². The van der Waals surface area contributed by atoms with Crippen LogP contribution in [-0.4, -0.2) is 11.1 Å². The third kappa shape index (κ3) is 2.93. The first kappa shape index (κ1) is 14.9. The quantitative estimate of drug-likeness (QED) is 0.719. The van der Waals surface area contributed by atoms with Crippen molar-refractivity contribution in [3.8, 4) is 10.6 Å². The van der Waals surface area contributed by atoms with E-state index < -0.39 is 0 Å². The van der Waals surface area contributed by atoms with Gasteiger partial charge >= 0.3 is 0 Å². The Morgan fingerprint density at radius 3 is 2.86 bits per heavy atom. The summed E-state index contributed by atoms with van der Waals surface area (Å²) in [6.07, 6.45) is 0. The Labute approximate surface area is 138 Å². The second kappa shape index (κ2) is 5.98. The second-order valence-corrected chi connectivity index (χ2v) is 7.03. The molecule has 22 heavy (non-hydrogen) atoms. The molecule has 3 rings (SSSR count). The Morgan fingerprint density at radius 1 is 1.41 bits per heavy atom. The highest BCUT2D eigenvalue weighted by Gasteiger charge is 2.23.